The maximum absolute atomic E-state index is 14.0. The van der Waals surface area contributed by atoms with Crippen LogP contribution in [0.3, 0.4) is 0 Å². The first-order valence-electron chi connectivity index (χ1n) is 7.11. The van der Waals surface area contributed by atoms with Crippen molar-refractivity contribution >= 4 is 27.3 Å². The molecule has 1 aromatic carbocycles. The Balaban J connectivity index is 2.24. The molecular weight excluding hydrogens is 315 g/mol. The summed E-state index contributed by atoms with van der Waals surface area (Å²) in [7, 11) is -3.88. The van der Waals surface area contributed by atoms with Gasteiger partial charge in [-0.1, -0.05) is 31.4 Å². The van der Waals surface area contributed by atoms with Crippen LogP contribution in [0.4, 0.5) is 10.1 Å². The fourth-order valence-electron chi connectivity index (χ4n) is 2.76. The van der Waals surface area contributed by atoms with E-state index >= 15 is 0 Å². The molecule has 1 aliphatic rings. The number of sulfonamides is 1. The highest BCUT2D eigenvalue weighted by molar-refractivity contribution is 7.89. The molecule has 4 nitrogen and oxygen atoms in total. The molecule has 0 unspecified atom stereocenters. The highest BCUT2D eigenvalue weighted by Crippen LogP contribution is 2.30. The van der Waals surface area contributed by atoms with Gasteiger partial charge in [0.1, 0.15) is 4.90 Å². The van der Waals surface area contributed by atoms with E-state index in [4.69, 9.17) is 17.3 Å². The van der Waals surface area contributed by atoms with Gasteiger partial charge in [0.25, 0.3) is 0 Å². The zero-order chi connectivity index (χ0) is 15.6. The van der Waals surface area contributed by atoms with Gasteiger partial charge in [0, 0.05) is 18.1 Å². The summed E-state index contributed by atoms with van der Waals surface area (Å²) in [6.07, 6.45) is 3.82. The van der Waals surface area contributed by atoms with Crippen LogP contribution in [0.5, 0.6) is 0 Å². The van der Waals surface area contributed by atoms with Crippen molar-refractivity contribution in [1.82, 2.24) is 4.31 Å². The highest BCUT2D eigenvalue weighted by Gasteiger charge is 2.32. The molecule has 21 heavy (non-hydrogen) atoms. The SMILES string of the molecule is CCCC1CCN(S(=O)(=O)c2cc(Cl)cc(N)c2F)CC1. The van der Waals surface area contributed by atoms with Gasteiger partial charge in [-0.3, -0.25) is 0 Å². The monoisotopic (exact) mass is 334 g/mol. The van der Waals surface area contributed by atoms with Crippen molar-refractivity contribution < 1.29 is 12.8 Å². The van der Waals surface area contributed by atoms with Crippen LogP contribution in [0.2, 0.25) is 5.02 Å². The predicted molar refractivity (Wildman–Crippen MR) is 82.2 cm³/mol. The van der Waals surface area contributed by atoms with E-state index in [9.17, 15) is 12.8 Å². The fraction of sp³-hybridized carbons (Fsp3) is 0.571. The second kappa shape index (κ2) is 6.50. The van der Waals surface area contributed by atoms with E-state index in [0.717, 1.165) is 31.7 Å². The molecule has 1 saturated heterocycles. The molecule has 1 heterocycles. The normalized spacial score (nSPS) is 18.0. The molecule has 1 aromatic rings. The Morgan fingerprint density at radius 3 is 2.57 bits per heavy atom. The van der Waals surface area contributed by atoms with Gasteiger partial charge in [-0.05, 0) is 30.9 Å². The van der Waals surface area contributed by atoms with Crippen LogP contribution in [-0.4, -0.2) is 25.8 Å². The van der Waals surface area contributed by atoms with Crippen LogP contribution >= 0.6 is 11.6 Å². The quantitative estimate of drug-likeness (QED) is 0.859. The minimum absolute atomic E-state index is 0.119. The third-order valence-electron chi connectivity index (χ3n) is 3.92. The number of anilines is 1. The summed E-state index contributed by atoms with van der Waals surface area (Å²) in [4.78, 5) is -0.429. The molecule has 118 valence electrons. The Kier molecular flexibility index (Phi) is 5.11. The molecule has 0 radical (unpaired) electrons. The molecular formula is C14H20ClFN2O2S. The number of hydrogen-bond donors (Lipinski definition) is 1. The van der Waals surface area contributed by atoms with Crippen LogP contribution in [0.15, 0.2) is 17.0 Å². The van der Waals surface area contributed by atoms with Crippen LogP contribution in [0.1, 0.15) is 32.6 Å². The molecule has 2 N–H and O–H groups in total. The largest absolute Gasteiger partial charge is 0.396 e. The molecule has 7 heteroatoms. The molecule has 0 aromatic heterocycles. The molecule has 1 aliphatic heterocycles. The van der Waals surface area contributed by atoms with Crippen LogP contribution in [-0.2, 0) is 10.0 Å². The average Bonchev–Trinajstić information content (AvgIpc) is 2.43. The highest BCUT2D eigenvalue weighted by atomic mass is 35.5. The molecule has 0 atom stereocenters. The van der Waals surface area contributed by atoms with Crippen molar-refractivity contribution in [2.45, 2.75) is 37.5 Å². The van der Waals surface area contributed by atoms with Gasteiger partial charge in [-0.2, -0.15) is 4.31 Å². The lowest BCUT2D eigenvalue weighted by Gasteiger charge is -2.31. The fourth-order valence-corrected chi connectivity index (χ4v) is 4.64. The zero-order valence-electron chi connectivity index (χ0n) is 12.0. The average molecular weight is 335 g/mol. The number of benzene rings is 1. The van der Waals surface area contributed by atoms with Gasteiger partial charge in [0.15, 0.2) is 5.82 Å². The number of nitrogens with two attached hydrogens (primary N) is 1. The maximum atomic E-state index is 14.0. The second-order valence-corrected chi connectivity index (χ2v) is 7.79. The van der Waals surface area contributed by atoms with Crippen LogP contribution in [0.25, 0.3) is 0 Å². The molecule has 0 spiro atoms. The molecule has 0 amide bonds. The number of piperidine rings is 1. The van der Waals surface area contributed by atoms with Crippen LogP contribution in [0, 0.1) is 11.7 Å². The van der Waals surface area contributed by atoms with E-state index in [2.05, 4.69) is 6.92 Å². The van der Waals surface area contributed by atoms with E-state index in [-0.39, 0.29) is 10.7 Å². The van der Waals surface area contributed by atoms with Crippen molar-refractivity contribution in [3.8, 4) is 0 Å². The number of hydrogen-bond acceptors (Lipinski definition) is 3. The van der Waals surface area contributed by atoms with Crippen molar-refractivity contribution in [2.75, 3.05) is 18.8 Å². The summed E-state index contributed by atoms with van der Waals surface area (Å²) < 4.78 is 40.5. The van der Waals surface area contributed by atoms with Crippen LogP contribution < -0.4 is 5.73 Å². The summed E-state index contributed by atoms with van der Waals surface area (Å²) >= 11 is 5.80. The molecule has 0 bridgehead atoms. The van der Waals surface area contributed by atoms with Crippen molar-refractivity contribution in [2.24, 2.45) is 5.92 Å². The Labute approximate surface area is 130 Å². The lowest BCUT2D eigenvalue weighted by Crippen LogP contribution is -2.38. The summed E-state index contributed by atoms with van der Waals surface area (Å²) in [6, 6.07) is 2.34. The first-order valence-corrected chi connectivity index (χ1v) is 8.92. The summed E-state index contributed by atoms with van der Waals surface area (Å²) in [5.74, 6) is -0.370. The third-order valence-corrected chi connectivity index (χ3v) is 6.04. The van der Waals surface area contributed by atoms with Crippen molar-refractivity contribution in [3.05, 3.63) is 23.0 Å². The van der Waals surface area contributed by atoms with Crippen molar-refractivity contribution in [1.29, 1.82) is 0 Å². The third kappa shape index (κ3) is 3.49. The predicted octanol–water partition coefficient (Wildman–Crippen LogP) is 3.26. The van der Waals surface area contributed by atoms with Gasteiger partial charge in [0.05, 0.1) is 5.69 Å². The first-order chi connectivity index (χ1) is 9.86. The van der Waals surface area contributed by atoms with Gasteiger partial charge < -0.3 is 5.73 Å². The maximum Gasteiger partial charge on any atom is 0.246 e. The lowest BCUT2D eigenvalue weighted by atomic mass is 9.94. The Bertz CT molecular complexity index is 614. The van der Waals surface area contributed by atoms with Gasteiger partial charge in [-0.25, -0.2) is 12.8 Å². The molecule has 2 rings (SSSR count). The minimum Gasteiger partial charge on any atom is -0.396 e. The standard InChI is InChI=1S/C14H20ClFN2O2S/c1-2-3-10-4-6-18(7-5-10)21(19,20)13-9-11(15)8-12(17)14(13)16/h8-10H,2-7,17H2,1H3. The topological polar surface area (TPSA) is 63.4 Å². The van der Waals surface area contributed by atoms with E-state index in [0.29, 0.717) is 19.0 Å². The Hall–Kier alpha value is -0.850. The van der Waals surface area contributed by atoms with E-state index in [1.165, 1.54) is 10.4 Å². The molecule has 0 saturated carbocycles. The number of rotatable bonds is 4. The summed E-state index contributed by atoms with van der Waals surface area (Å²) in [5.41, 5.74) is 5.22. The van der Waals surface area contributed by atoms with Gasteiger partial charge in [-0.15, -0.1) is 0 Å². The van der Waals surface area contributed by atoms with Crippen molar-refractivity contribution in [3.63, 3.8) is 0 Å². The molecule has 0 aliphatic carbocycles. The first kappa shape index (κ1) is 16.5. The van der Waals surface area contributed by atoms with Gasteiger partial charge in [0.2, 0.25) is 10.0 Å². The van der Waals surface area contributed by atoms with E-state index in [1.54, 1.807) is 0 Å². The second-order valence-electron chi connectivity index (χ2n) is 5.44. The molecule has 1 fully saturated rings. The number of halogens is 2. The number of nitrogens with zero attached hydrogens (tertiary/aromatic N) is 1. The lowest BCUT2D eigenvalue weighted by molar-refractivity contribution is 0.262. The zero-order valence-corrected chi connectivity index (χ0v) is 13.6. The summed E-state index contributed by atoms with van der Waals surface area (Å²) in [6.45, 7) is 2.95. The van der Waals surface area contributed by atoms with E-state index in [1.807, 2.05) is 0 Å². The Morgan fingerprint density at radius 1 is 1.38 bits per heavy atom. The minimum atomic E-state index is -3.88. The van der Waals surface area contributed by atoms with Gasteiger partial charge >= 0.3 is 0 Å². The number of nitrogen functional groups attached to an aromatic ring is 1. The van der Waals surface area contributed by atoms with E-state index < -0.39 is 20.7 Å². The summed E-state index contributed by atoms with van der Waals surface area (Å²) in [5, 5.41) is 0.119. The Morgan fingerprint density at radius 2 is 2.00 bits per heavy atom. The smallest absolute Gasteiger partial charge is 0.246 e.